The first-order chi connectivity index (χ1) is 9.21. The van der Waals surface area contributed by atoms with Crippen molar-refractivity contribution in [1.29, 1.82) is 0 Å². The zero-order valence-electron chi connectivity index (χ0n) is 12.8. The van der Waals surface area contributed by atoms with Gasteiger partial charge in [0.1, 0.15) is 5.82 Å². The van der Waals surface area contributed by atoms with E-state index in [1.807, 2.05) is 51.9 Å². The third-order valence-electron chi connectivity index (χ3n) is 3.85. The maximum Gasteiger partial charge on any atom is 0.487 e. The molecule has 0 spiro atoms. The molecule has 1 saturated heterocycles. The molecular weight excluding hydrogens is 253 g/mol. The van der Waals surface area contributed by atoms with Crippen molar-refractivity contribution >= 4 is 19.0 Å². The van der Waals surface area contributed by atoms with E-state index < -0.39 is 0 Å². The summed E-state index contributed by atoms with van der Waals surface area (Å²) < 4.78 is 11.8. The van der Waals surface area contributed by atoms with Crippen LogP contribution in [0.15, 0.2) is 24.3 Å². The van der Waals surface area contributed by atoms with E-state index in [2.05, 4.69) is 4.98 Å². The minimum atomic E-state index is -0.336. The Hall–Kier alpha value is -1.37. The van der Waals surface area contributed by atoms with Crippen LogP contribution in [0, 0.1) is 0 Å². The molecule has 0 saturated carbocycles. The molecule has 1 fully saturated rings. The highest BCUT2D eigenvalue weighted by Gasteiger charge is 2.49. The van der Waals surface area contributed by atoms with Crippen molar-refractivity contribution in [3.8, 4) is 0 Å². The lowest BCUT2D eigenvalue weighted by atomic mass is 9.89. The molecule has 20 heavy (non-hydrogen) atoms. The summed E-state index contributed by atoms with van der Waals surface area (Å²) in [5.74, 6) is 8.23. The predicted octanol–water partition coefficient (Wildman–Crippen LogP) is 2.04. The average molecular weight is 275 g/mol. The molecule has 0 radical (unpaired) electrons. The predicted molar refractivity (Wildman–Crippen MR) is 81.9 cm³/mol. The second-order valence-electron chi connectivity index (χ2n) is 6.04. The van der Waals surface area contributed by atoms with Gasteiger partial charge in [-0.05, 0) is 45.4 Å². The molecular formula is C14H22BN3O2. The highest BCUT2D eigenvalue weighted by molar-refractivity contribution is 6.52. The van der Waals surface area contributed by atoms with Crippen LogP contribution < -0.4 is 10.9 Å². The van der Waals surface area contributed by atoms with Crippen molar-refractivity contribution in [2.75, 3.05) is 12.1 Å². The van der Waals surface area contributed by atoms with Crippen molar-refractivity contribution in [3.63, 3.8) is 0 Å². The van der Waals surface area contributed by atoms with Crippen molar-refractivity contribution < 1.29 is 9.31 Å². The summed E-state index contributed by atoms with van der Waals surface area (Å²) in [5, 5.41) is 1.47. The van der Waals surface area contributed by atoms with Gasteiger partial charge in [0.05, 0.1) is 11.2 Å². The van der Waals surface area contributed by atoms with Gasteiger partial charge in [-0.3, -0.25) is 5.01 Å². The molecule has 108 valence electrons. The van der Waals surface area contributed by atoms with Crippen LogP contribution in [-0.4, -0.2) is 30.4 Å². The van der Waals surface area contributed by atoms with Crippen molar-refractivity contribution in [1.82, 2.24) is 4.98 Å². The fourth-order valence-electron chi connectivity index (χ4n) is 1.86. The maximum atomic E-state index is 5.89. The van der Waals surface area contributed by atoms with Gasteiger partial charge in [-0.15, -0.1) is 0 Å². The topological polar surface area (TPSA) is 60.6 Å². The first-order valence-corrected chi connectivity index (χ1v) is 6.70. The number of anilines is 1. The lowest BCUT2D eigenvalue weighted by Gasteiger charge is -2.32. The van der Waals surface area contributed by atoms with Gasteiger partial charge in [0.25, 0.3) is 0 Å². The lowest BCUT2D eigenvalue weighted by molar-refractivity contribution is 0.00578. The molecule has 0 bridgehead atoms. The Morgan fingerprint density at radius 3 is 2.25 bits per heavy atom. The number of rotatable bonds is 3. The van der Waals surface area contributed by atoms with Gasteiger partial charge in [0.2, 0.25) is 0 Å². The first-order valence-electron chi connectivity index (χ1n) is 6.70. The SMILES string of the molecule is CN(N)c1ccc(/C=C/B2OC(C)(C)C(C)(C)O2)cn1. The Morgan fingerprint density at radius 1 is 1.20 bits per heavy atom. The smallest absolute Gasteiger partial charge is 0.400 e. The first kappa shape index (κ1) is 15.0. The zero-order valence-corrected chi connectivity index (χ0v) is 12.8. The van der Waals surface area contributed by atoms with Gasteiger partial charge in [-0.2, -0.15) is 0 Å². The Morgan fingerprint density at radius 2 is 1.80 bits per heavy atom. The summed E-state index contributed by atoms with van der Waals surface area (Å²) >= 11 is 0. The molecule has 1 aliphatic heterocycles. The molecule has 0 atom stereocenters. The molecule has 2 heterocycles. The summed E-state index contributed by atoms with van der Waals surface area (Å²) in [6.07, 6.45) is 3.70. The third kappa shape index (κ3) is 3.03. The largest absolute Gasteiger partial charge is 0.487 e. The minimum Gasteiger partial charge on any atom is -0.400 e. The fourth-order valence-corrected chi connectivity index (χ4v) is 1.86. The van der Waals surface area contributed by atoms with Crippen LogP contribution >= 0.6 is 0 Å². The number of hydrogen-bond donors (Lipinski definition) is 1. The van der Waals surface area contributed by atoms with E-state index in [1.54, 1.807) is 13.2 Å². The van der Waals surface area contributed by atoms with Crippen LogP contribution in [0.3, 0.4) is 0 Å². The van der Waals surface area contributed by atoms with Crippen LogP contribution in [0.5, 0.6) is 0 Å². The summed E-state index contributed by atoms with van der Waals surface area (Å²) in [4.78, 5) is 4.25. The number of hydrazine groups is 1. The van der Waals surface area contributed by atoms with E-state index in [-0.39, 0.29) is 18.3 Å². The normalized spacial score (nSPS) is 20.6. The van der Waals surface area contributed by atoms with Crippen LogP contribution in [0.25, 0.3) is 6.08 Å². The minimum absolute atomic E-state index is 0.313. The van der Waals surface area contributed by atoms with E-state index in [0.717, 1.165) is 11.4 Å². The molecule has 1 aromatic heterocycles. The van der Waals surface area contributed by atoms with Crippen LogP contribution in [0.2, 0.25) is 0 Å². The molecule has 1 aliphatic rings. The quantitative estimate of drug-likeness (QED) is 0.519. The number of pyridine rings is 1. The van der Waals surface area contributed by atoms with E-state index in [4.69, 9.17) is 15.2 Å². The number of nitrogens with zero attached hydrogens (tertiary/aromatic N) is 2. The number of aromatic nitrogens is 1. The summed E-state index contributed by atoms with van der Waals surface area (Å²) in [6, 6.07) is 3.82. The fraction of sp³-hybridized carbons (Fsp3) is 0.500. The summed E-state index contributed by atoms with van der Waals surface area (Å²) in [5.41, 5.74) is 0.351. The van der Waals surface area contributed by atoms with Crippen LogP contribution in [0.1, 0.15) is 33.3 Å². The molecule has 6 heteroatoms. The van der Waals surface area contributed by atoms with E-state index in [1.165, 1.54) is 5.01 Å². The Bertz CT molecular complexity index is 482. The van der Waals surface area contributed by atoms with Gasteiger partial charge in [-0.1, -0.05) is 12.1 Å². The van der Waals surface area contributed by atoms with E-state index in [0.29, 0.717) is 0 Å². The van der Waals surface area contributed by atoms with Gasteiger partial charge in [-0.25, -0.2) is 10.8 Å². The van der Waals surface area contributed by atoms with Crippen LogP contribution in [0.4, 0.5) is 5.82 Å². The van der Waals surface area contributed by atoms with Crippen molar-refractivity contribution in [3.05, 3.63) is 29.9 Å². The average Bonchev–Trinajstić information content (AvgIpc) is 2.56. The summed E-state index contributed by atoms with van der Waals surface area (Å²) in [6.45, 7) is 8.14. The molecule has 0 unspecified atom stereocenters. The highest BCUT2D eigenvalue weighted by Crippen LogP contribution is 2.36. The molecule has 0 aliphatic carbocycles. The maximum absolute atomic E-state index is 5.89. The van der Waals surface area contributed by atoms with Crippen molar-refractivity contribution in [2.45, 2.75) is 38.9 Å². The van der Waals surface area contributed by atoms with E-state index in [9.17, 15) is 0 Å². The lowest BCUT2D eigenvalue weighted by Crippen LogP contribution is -2.41. The molecule has 1 aromatic rings. The zero-order chi connectivity index (χ0) is 15.0. The standard InChI is InChI=1S/C14H22BN3O2/c1-13(2)14(3,4)20-15(19-13)9-8-11-6-7-12(17-10-11)18(5)16/h6-10H,16H2,1-5H3/b9-8+. The van der Waals surface area contributed by atoms with Gasteiger partial charge >= 0.3 is 7.12 Å². The van der Waals surface area contributed by atoms with Crippen molar-refractivity contribution in [2.24, 2.45) is 5.84 Å². The Kier molecular flexibility index (Phi) is 3.91. The van der Waals surface area contributed by atoms with Crippen LogP contribution in [-0.2, 0) is 9.31 Å². The van der Waals surface area contributed by atoms with Gasteiger partial charge in [0, 0.05) is 13.2 Å². The second kappa shape index (κ2) is 5.20. The third-order valence-corrected chi connectivity index (χ3v) is 3.85. The molecule has 0 amide bonds. The molecule has 2 rings (SSSR count). The second-order valence-corrected chi connectivity index (χ2v) is 6.04. The van der Waals surface area contributed by atoms with Gasteiger partial charge in [0.15, 0.2) is 0 Å². The highest BCUT2D eigenvalue weighted by atomic mass is 16.7. The van der Waals surface area contributed by atoms with Gasteiger partial charge < -0.3 is 9.31 Å². The number of nitrogens with two attached hydrogens (primary N) is 1. The molecule has 2 N–H and O–H groups in total. The molecule has 0 aromatic carbocycles. The Labute approximate surface area is 120 Å². The number of hydrogen-bond acceptors (Lipinski definition) is 5. The summed E-state index contributed by atoms with van der Waals surface area (Å²) in [7, 11) is 1.42. The monoisotopic (exact) mass is 275 g/mol. The Balaban J connectivity index is 2.04. The molecule has 5 nitrogen and oxygen atoms in total. The van der Waals surface area contributed by atoms with E-state index >= 15 is 0 Å².